The van der Waals surface area contributed by atoms with Gasteiger partial charge in [-0.2, -0.15) is 5.11 Å². The highest BCUT2D eigenvalue weighted by molar-refractivity contribution is 5.53. The minimum Gasteiger partial charge on any atom is -0.506 e. The molecule has 92 valence electrons. The molecule has 0 unspecified atom stereocenters. The van der Waals surface area contributed by atoms with E-state index in [1.165, 1.54) is 0 Å². The maximum absolute atomic E-state index is 9.74. The van der Waals surface area contributed by atoms with Gasteiger partial charge in [0, 0.05) is 0 Å². The fraction of sp³-hybridized carbons (Fsp3) is 0.200. The van der Waals surface area contributed by atoms with Gasteiger partial charge >= 0.3 is 0 Å². The molecule has 0 saturated heterocycles. The monoisotopic (exact) mass is 240 g/mol. The molecule has 0 saturated carbocycles. The second-order valence-electron chi connectivity index (χ2n) is 4.44. The van der Waals surface area contributed by atoms with Crippen molar-refractivity contribution < 1.29 is 5.11 Å². The Balaban J connectivity index is 2.28. The van der Waals surface area contributed by atoms with Crippen LogP contribution in [-0.2, 0) is 0 Å². The molecule has 3 heteroatoms. The molecule has 0 fully saturated rings. The van der Waals surface area contributed by atoms with Crippen molar-refractivity contribution in [2.75, 3.05) is 0 Å². The van der Waals surface area contributed by atoms with E-state index in [1.54, 1.807) is 6.07 Å². The summed E-state index contributed by atoms with van der Waals surface area (Å²) in [4.78, 5) is 0. The van der Waals surface area contributed by atoms with Crippen molar-refractivity contribution >= 4 is 11.4 Å². The van der Waals surface area contributed by atoms with Crippen molar-refractivity contribution in [1.82, 2.24) is 0 Å². The standard InChI is InChI=1S/C15H16N2O/c1-11(2)12-8-9-15(18)14(10-12)17-16-13-6-4-3-5-7-13/h3-11,18H,1-2H3. The van der Waals surface area contributed by atoms with Crippen LogP contribution in [0.2, 0.25) is 0 Å². The third kappa shape index (κ3) is 2.94. The normalized spacial score (nSPS) is 11.3. The molecule has 1 N–H and O–H groups in total. The molecule has 0 heterocycles. The van der Waals surface area contributed by atoms with Gasteiger partial charge in [0.05, 0.1) is 5.69 Å². The van der Waals surface area contributed by atoms with E-state index in [-0.39, 0.29) is 5.75 Å². The van der Waals surface area contributed by atoms with Crippen molar-refractivity contribution in [2.24, 2.45) is 10.2 Å². The van der Waals surface area contributed by atoms with Crippen LogP contribution in [0.4, 0.5) is 11.4 Å². The molecule has 0 atom stereocenters. The summed E-state index contributed by atoms with van der Waals surface area (Å²) in [6, 6.07) is 14.9. The van der Waals surface area contributed by atoms with E-state index in [9.17, 15) is 5.11 Å². The molecule has 3 nitrogen and oxygen atoms in total. The Bertz CT molecular complexity index is 548. The molecule has 0 aliphatic carbocycles. The van der Waals surface area contributed by atoms with Gasteiger partial charge in [0.15, 0.2) is 0 Å². The highest BCUT2D eigenvalue weighted by Gasteiger charge is 2.04. The molecule has 0 aromatic heterocycles. The second kappa shape index (κ2) is 5.45. The first-order valence-electron chi connectivity index (χ1n) is 5.96. The van der Waals surface area contributed by atoms with E-state index < -0.39 is 0 Å². The molecule has 0 aliphatic heterocycles. The lowest BCUT2D eigenvalue weighted by molar-refractivity contribution is 0.476. The Hall–Kier alpha value is -2.16. The Labute approximate surface area is 107 Å². The van der Waals surface area contributed by atoms with E-state index in [4.69, 9.17) is 0 Å². The smallest absolute Gasteiger partial charge is 0.143 e. The summed E-state index contributed by atoms with van der Waals surface area (Å²) in [7, 11) is 0. The summed E-state index contributed by atoms with van der Waals surface area (Å²) in [6.07, 6.45) is 0. The van der Waals surface area contributed by atoms with Crippen LogP contribution < -0.4 is 0 Å². The van der Waals surface area contributed by atoms with E-state index in [0.29, 0.717) is 11.6 Å². The number of azo groups is 1. The zero-order valence-electron chi connectivity index (χ0n) is 10.5. The summed E-state index contributed by atoms with van der Waals surface area (Å²) in [5.74, 6) is 0.551. The van der Waals surface area contributed by atoms with E-state index in [1.807, 2.05) is 42.5 Å². The van der Waals surface area contributed by atoms with Crippen molar-refractivity contribution in [1.29, 1.82) is 0 Å². The zero-order chi connectivity index (χ0) is 13.0. The average Bonchev–Trinajstić information content (AvgIpc) is 2.38. The molecule has 2 aromatic rings. The predicted octanol–water partition coefficient (Wildman–Crippen LogP) is 4.93. The Morgan fingerprint density at radius 3 is 2.33 bits per heavy atom. The number of benzene rings is 2. The first-order chi connectivity index (χ1) is 8.66. The molecule has 0 bridgehead atoms. The Kier molecular flexibility index (Phi) is 3.72. The lowest BCUT2D eigenvalue weighted by atomic mass is 10.0. The molecule has 18 heavy (non-hydrogen) atoms. The number of rotatable bonds is 3. The number of nitrogens with zero attached hydrogens (tertiary/aromatic N) is 2. The highest BCUT2D eigenvalue weighted by atomic mass is 16.3. The molecular weight excluding hydrogens is 224 g/mol. The minimum absolute atomic E-state index is 0.152. The van der Waals surface area contributed by atoms with Gasteiger partial charge in [-0.3, -0.25) is 0 Å². The highest BCUT2D eigenvalue weighted by Crippen LogP contribution is 2.31. The zero-order valence-corrected chi connectivity index (χ0v) is 10.5. The topological polar surface area (TPSA) is 45.0 Å². The fourth-order valence-electron chi connectivity index (χ4n) is 1.59. The van der Waals surface area contributed by atoms with Crippen LogP contribution in [0.5, 0.6) is 5.75 Å². The van der Waals surface area contributed by atoms with Crippen LogP contribution in [0.25, 0.3) is 0 Å². The van der Waals surface area contributed by atoms with Crippen LogP contribution in [-0.4, -0.2) is 5.11 Å². The molecule has 2 rings (SSSR count). The van der Waals surface area contributed by atoms with Gasteiger partial charge in [-0.25, -0.2) is 0 Å². The lowest BCUT2D eigenvalue weighted by Crippen LogP contribution is -1.85. The largest absolute Gasteiger partial charge is 0.506 e. The Morgan fingerprint density at radius 1 is 0.944 bits per heavy atom. The first-order valence-corrected chi connectivity index (χ1v) is 5.96. The molecule has 0 aliphatic rings. The maximum Gasteiger partial charge on any atom is 0.143 e. The van der Waals surface area contributed by atoms with Crippen LogP contribution in [0, 0.1) is 0 Å². The van der Waals surface area contributed by atoms with Crippen LogP contribution >= 0.6 is 0 Å². The van der Waals surface area contributed by atoms with Gasteiger partial charge in [0.1, 0.15) is 11.4 Å². The quantitative estimate of drug-likeness (QED) is 0.759. The summed E-state index contributed by atoms with van der Waals surface area (Å²) < 4.78 is 0. The fourth-order valence-corrected chi connectivity index (χ4v) is 1.59. The number of aromatic hydroxyl groups is 1. The summed E-state index contributed by atoms with van der Waals surface area (Å²) in [5, 5.41) is 17.9. The average molecular weight is 240 g/mol. The van der Waals surface area contributed by atoms with E-state index in [0.717, 1.165) is 11.3 Å². The summed E-state index contributed by atoms with van der Waals surface area (Å²) >= 11 is 0. The van der Waals surface area contributed by atoms with Gasteiger partial charge in [-0.05, 0) is 35.7 Å². The number of phenolic OH excluding ortho intramolecular Hbond substituents is 1. The SMILES string of the molecule is CC(C)c1ccc(O)c(N=Nc2ccccc2)c1. The van der Waals surface area contributed by atoms with Gasteiger partial charge in [0.2, 0.25) is 0 Å². The third-order valence-electron chi connectivity index (χ3n) is 2.70. The van der Waals surface area contributed by atoms with Crippen molar-refractivity contribution in [3.05, 3.63) is 54.1 Å². The van der Waals surface area contributed by atoms with Crippen LogP contribution in [0.15, 0.2) is 58.8 Å². The minimum atomic E-state index is 0.152. The lowest BCUT2D eigenvalue weighted by Gasteiger charge is -2.06. The number of hydrogen-bond acceptors (Lipinski definition) is 3. The van der Waals surface area contributed by atoms with Crippen molar-refractivity contribution in [2.45, 2.75) is 19.8 Å². The molecule has 2 aromatic carbocycles. The third-order valence-corrected chi connectivity index (χ3v) is 2.70. The van der Waals surface area contributed by atoms with Gasteiger partial charge < -0.3 is 5.11 Å². The van der Waals surface area contributed by atoms with E-state index >= 15 is 0 Å². The predicted molar refractivity (Wildman–Crippen MR) is 72.8 cm³/mol. The first kappa shape index (κ1) is 12.3. The number of phenols is 1. The van der Waals surface area contributed by atoms with E-state index in [2.05, 4.69) is 24.1 Å². The van der Waals surface area contributed by atoms with Crippen molar-refractivity contribution in [3.63, 3.8) is 0 Å². The van der Waals surface area contributed by atoms with Crippen LogP contribution in [0.1, 0.15) is 25.3 Å². The summed E-state index contributed by atoms with van der Waals surface area (Å²) in [5.41, 5.74) is 2.41. The van der Waals surface area contributed by atoms with Crippen LogP contribution in [0.3, 0.4) is 0 Å². The summed E-state index contributed by atoms with van der Waals surface area (Å²) in [6.45, 7) is 4.20. The molecule has 0 spiro atoms. The Morgan fingerprint density at radius 2 is 1.67 bits per heavy atom. The maximum atomic E-state index is 9.74. The van der Waals surface area contributed by atoms with Crippen molar-refractivity contribution in [3.8, 4) is 5.75 Å². The van der Waals surface area contributed by atoms with Gasteiger partial charge in [-0.15, -0.1) is 5.11 Å². The second-order valence-corrected chi connectivity index (χ2v) is 4.44. The van der Waals surface area contributed by atoms with Gasteiger partial charge in [-0.1, -0.05) is 38.1 Å². The molecular formula is C15H16N2O. The molecule has 0 radical (unpaired) electrons. The van der Waals surface area contributed by atoms with Gasteiger partial charge in [0.25, 0.3) is 0 Å². The molecule has 0 amide bonds. The number of hydrogen-bond donors (Lipinski definition) is 1.